The van der Waals surface area contributed by atoms with Gasteiger partial charge in [-0.3, -0.25) is 9.59 Å². The summed E-state index contributed by atoms with van der Waals surface area (Å²) in [5.41, 5.74) is 1.76. The molecule has 0 unspecified atom stereocenters. The molecule has 0 spiro atoms. The molecule has 1 atom stereocenters. The van der Waals surface area contributed by atoms with Crippen molar-refractivity contribution in [1.29, 1.82) is 0 Å². The third-order valence-corrected chi connectivity index (χ3v) is 5.68. The van der Waals surface area contributed by atoms with Crippen molar-refractivity contribution in [2.75, 3.05) is 26.9 Å². The van der Waals surface area contributed by atoms with Crippen molar-refractivity contribution in [1.82, 2.24) is 4.90 Å². The zero-order chi connectivity index (χ0) is 24.0. The Hall–Kier alpha value is -3.19. The fourth-order valence-corrected chi connectivity index (χ4v) is 3.92. The van der Waals surface area contributed by atoms with E-state index in [1.165, 1.54) is 29.2 Å². The number of ketones is 1. The monoisotopic (exact) mass is 455 g/mol. The lowest BCUT2D eigenvalue weighted by molar-refractivity contribution is -0.140. The molecule has 176 valence electrons. The molecule has 2 aromatic rings. The third-order valence-electron chi connectivity index (χ3n) is 5.68. The van der Waals surface area contributed by atoms with Gasteiger partial charge in [-0.1, -0.05) is 25.5 Å². The Labute approximate surface area is 193 Å². The van der Waals surface area contributed by atoms with Gasteiger partial charge in [0, 0.05) is 25.8 Å². The molecule has 0 aromatic heterocycles. The number of unbranched alkanes of at least 4 members (excludes halogenated alkanes) is 1. The number of carbonyl (C=O) groups excluding carboxylic acids is 2. The fraction of sp³-hybridized carbons (Fsp3) is 0.385. The van der Waals surface area contributed by atoms with Gasteiger partial charge in [0.1, 0.15) is 17.3 Å². The van der Waals surface area contributed by atoms with Gasteiger partial charge in [-0.25, -0.2) is 4.39 Å². The highest BCUT2D eigenvalue weighted by Gasteiger charge is 2.45. The lowest BCUT2D eigenvalue weighted by Crippen LogP contribution is -2.31. The van der Waals surface area contributed by atoms with E-state index < -0.39 is 23.5 Å². The highest BCUT2D eigenvalue weighted by atomic mass is 19.1. The fourth-order valence-electron chi connectivity index (χ4n) is 3.92. The Morgan fingerprint density at radius 2 is 1.82 bits per heavy atom. The van der Waals surface area contributed by atoms with E-state index in [0.29, 0.717) is 36.5 Å². The van der Waals surface area contributed by atoms with Crippen molar-refractivity contribution in [2.45, 2.75) is 39.2 Å². The van der Waals surface area contributed by atoms with Gasteiger partial charge in [0.2, 0.25) is 0 Å². The van der Waals surface area contributed by atoms with E-state index in [-0.39, 0.29) is 17.9 Å². The topological polar surface area (TPSA) is 76.1 Å². The number of carbonyl (C=O) groups is 2. The standard InChI is InChI=1S/C26H30FNO5/c1-4-5-15-33-21-12-9-19(16-17(21)2)24(29)22-23(18-7-10-20(27)11-8-18)28(13-6-14-32-3)26(31)25(22)30/h7-12,16,23,29H,4-6,13-15H2,1-3H3/b24-22+/t23-/m1/s1. The summed E-state index contributed by atoms with van der Waals surface area (Å²) in [7, 11) is 1.56. The molecule has 2 aromatic carbocycles. The Kier molecular flexibility index (Phi) is 8.22. The second-order valence-corrected chi connectivity index (χ2v) is 8.07. The van der Waals surface area contributed by atoms with Crippen LogP contribution in [0.3, 0.4) is 0 Å². The number of aliphatic hydroxyl groups excluding tert-OH is 1. The summed E-state index contributed by atoms with van der Waals surface area (Å²) in [6.07, 6.45) is 2.47. The normalized spacial score (nSPS) is 17.6. The van der Waals surface area contributed by atoms with Crippen LogP contribution in [0.25, 0.3) is 5.76 Å². The molecule has 7 heteroatoms. The summed E-state index contributed by atoms with van der Waals surface area (Å²) >= 11 is 0. The number of nitrogens with zero attached hydrogens (tertiary/aromatic N) is 1. The van der Waals surface area contributed by atoms with Gasteiger partial charge in [0.15, 0.2) is 0 Å². The average Bonchev–Trinajstić information content (AvgIpc) is 3.05. The molecular formula is C26H30FNO5. The number of ether oxygens (including phenoxy) is 2. The number of likely N-dealkylation sites (tertiary alicyclic amines) is 1. The van der Waals surface area contributed by atoms with Gasteiger partial charge in [-0.2, -0.15) is 0 Å². The van der Waals surface area contributed by atoms with Crippen LogP contribution in [-0.2, 0) is 14.3 Å². The quantitative estimate of drug-likeness (QED) is 0.242. The minimum Gasteiger partial charge on any atom is -0.507 e. The molecule has 0 aliphatic carbocycles. The molecule has 1 amide bonds. The van der Waals surface area contributed by atoms with Gasteiger partial charge < -0.3 is 19.5 Å². The van der Waals surface area contributed by atoms with Crippen molar-refractivity contribution in [2.24, 2.45) is 0 Å². The van der Waals surface area contributed by atoms with Crippen LogP contribution in [0.1, 0.15) is 48.9 Å². The second-order valence-electron chi connectivity index (χ2n) is 8.07. The van der Waals surface area contributed by atoms with Crippen LogP contribution in [0.5, 0.6) is 5.75 Å². The first-order chi connectivity index (χ1) is 15.9. The van der Waals surface area contributed by atoms with Gasteiger partial charge in [-0.05, 0) is 61.2 Å². The Morgan fingerprint density at radius 1 is 1.09 bits per heavy atom. The molecule has 1 N–H and O–H groups in total. The number of halogens is 1. The predicted octanol–water partition coefficient (Wildman–Crippen LogP) is 4.77. The highest BCUT2D eigenvalue weighted by Crippen LogP contribution is 2.40. The van der Waals surface area contributed by atoms with E-state index in [2.05, 4.69) is 6.92 Å². The van der Waals surface area contributed by atoms with Crippen LogP contribution in [0.4, 0.5) is 4.39 Å². The van der Waals surface area contributed by atoms with Crippen LogP contribution in [0.2, 0.25) is 0 Å². The number of aliphatic hydroxyl groups is 1. The summed E-state index contributed by atoms with van der Waals surface area (Å²) < 4.78 is 24.4. The van der Waals surface area contributed by atoms with Gasteiger partial charge in [0.25, 0.3) is 11.7 Å². The van der Waals surface area contributed by atoms with Crippen molar-refractivity contribution in [3.05, 3.63) is 70.5 Å². The number of rotatable bonds is 10. The molecule has 1 aliphatic rings. The number of Topliss-reactive ketones (excluding diaryl/α,β-unsaturated/α-hetero) is 1. The van der Waals surface area contributed by atoms with Gasteiger partial charge >= 0.3 is 0 Å². The number of hydrogen-bond acceptors (Lipinski definition) is 5. The van der Waals surface area contributed by atoms with E-state index >= 15 is 0 Å². The van der Waals surface area contributed by atoms with Crippen molar-refractivity contribution in [3.8, 4) is 5.75 Å². The zero-order valence-corrected chi connectivity index (χ0v) is 19.3. The predicted molar refractivity (Wildman–Crippen MR) is 123 cm³/mol. The summed E-state index contributed by atoms with van der Waals surface area (Å²) in [4.78, 5) is 27.3. The van der Waals surface area contributed by atoms with Gasteiger partial charge in [-0.15, -0.1) is 0 Å². The molecule has 0 radical (unpaired) electrons. The lowest BCUT2D eigenvalue weighted by Gasteiger charge is -2.25. The smallest absolute Gasteiger partial charge is 0.295 e. The summed E-state index contributed by atoms with van der Waals surface area (Å²) in [5.74, 6) is -1.45. The van der Waals surface area contributed by atoms with E-state index in [9.17, 15) is 19.1 Å². The van der Waals surface area contributed by atoms with Crippen molar-refractivity contribution in [3.63, 3.8) is 0 Å². The maximum Gasteiger partial charge on any atom is 0.295 e. The largest absolute Gasteiger partial charge is 0.507 e. The van der Waals surface area contributed by atoms with Crippen LogP contribution in [0, 0.1) is 12.7 Å². The molecular weight excluding hydrogens is 425 g/mol. The lowest BCUT2D eigenvalue weighted by atomic mass is 9.94. The molecule has 1 heterocycles. The Bertz CT molecular complexity index is 1030. The summed E-state index contributed by atoms with van der Waals surface area (Å²) in [6, 6.07) is 9.94. The SMILES string of the molecule is CCCCOc1ccc(/C(O)=C2\C(=O)C(=O)N(CCCOC)[C@@H]2c2ccc(F)cc2)cc1C. The summed E-state index contributed by atoms with van der Waals surface area (Å²) in [6.45, 7) is 5.22. The molecule has 6 nitrogen and oxygen atoms in total. The first kappa shape index (κ1) is 24.5. The van der Waals surface area contributed by atoms with Crippen molar-refractivity contribution >= 4 is 17.4 Å². The molecule has 0 bridgehead atoms. The van der Waals surface area contributed by atoms with Gasteiger partial charge in [0.05, 0.1) is 18.2 Å². The minimum atomic E-state index is -0.816. The van der Waals surface area contributed by atoms with E-state index in [0.717, 1.165) is 18.4 Å². The van der Waals surface area contributed by atoms with Crippen LogP contribution < -0.4 is 4.74 Å². The Morgan fingerprint density at radius 3 is 2.45 bits per heavy atom. The van der Waals surface area contributed by atoms with E-state index in [1.54, 1.807) is 25.3 Å². The maximum absolute atomic E-state index is 13.5. The molecule has 1 aliphatic heterocycles. The number of amides is 1. The molecule has 3 rings (SSSR count). The molecule has 0 saturated carbocycles. The molecule has 33 heavy (non-hydrogen) atoms. The molecule has 1 saturated heterocycles. The van der Waals surface area contributed by atoms with Crippen LogP contribution >= 0.6 is 0 Å². The number of hydrogen-bond donors (Lipinski definition) is 1. The highest BCUT2D eigenvalue weighted by molar-refractivity contribution is 6.46. The van der Waals surface area contributed by atoms with Crippen LogP contribution in [-0.4, -0.2) is 48.6 Å². The first-order valence-electron chi connectivity index (χ1n) is 11.2. The maximum atomic E-state index is 13.5. The first-order valence-corrected chi connectivity index (χ1v) is 11.2. The van der Waals surface area contributed by atoms with E-state index in [4.69, 9.17) is 9.47 Å². The number of methoxy groups -OCH3 is 1. The average molecular weight is 456 g/mol. The Balaban J connectivity index is 2.03. The molecule has 1 fully saturated rings. The zero-order valence-electron chi connectivity index (χ0n) is 19.3. The number of benzene rings is 2. The van der Waals surface area contributed by atoms with Crippen molar-refractivity contribution < 1.29 is 28.6 Å². The third kappa shape index (κ3) is 5.42. The summed E-state index contributed by atoms with van der Waals surface area (Å²) in [5, 5.41) is 11.2. The van der Waals surface area contributed by atoms with E-state index in [1.807, 2.05) is 6.92 Å². The minimum absolute atomic E-state index is 0.0110. The second kappa shape index (κ2) is 11.1. The van der Waals surface area contributed by atoms with Crippen LogP contribution in [0.15, 0.2) is 48.0 Å². The number of aryl methyl sites for hydroxylation is 1.